The summed E-state index contributed by atoms with van der Waals surface area (Å²) in [5, 5.41) is 0. The van der Waals surface area contributed by atoms with E-state index in [1.165, 1.54) is 39.6 Å². The van der Waals surface area contributed by atoms with Crippen molar-refractivity contribution in [3.8, 4) is 0 Å². The van der Waals surface area contributed by atoms with Gasteiger partial charge in [0.25, 0.3) is 0 Å². The minimum atomic E-state index is 0.341. The number of hydrogen-bond donors (Lipinski definition) is 0. The zero-order chi connectivity index (χ0) is 27.7. The average Bonchev–Trinajstić information content (AvgIpc) is 2.63. The highest BCUT2D eigenvalue weighted by Gasteiger charge is 2.19. The molecule has 0 aliphatic carbocycles. The minimum Gasteiger partial charge on any atom is -0.0620 e. The van der Waals surface area contributed by atoms with Gasteiger partial charge in [0.05, 0.1) is 0 Å². The third-order valence-electron chi connectivity index (χ3n) is 5.17. The smallest absolute Gasteiger partial charge is 0.0178 e. The molecule has 3 heteroatoms. The topological polar surface area (TPSA) is 0 Å². The lowest BCUT2D eigenvalue weighted by atomic mass is 9.81. The number of benzene rings is 2. The molecule has 0 fully saturated rings. The Labute approximate surface area is 242 Å². The van der Waals surface area contributed by atoms with E-state index in [4.69, 9.17) is 0 Å². The van der Waals surface area contributed by atoms with Crippen LogP contribution in [0.25, 0.3) is 0 Å². The second-order valence-electron chi connectivity index (χ2n) is 14.6. The van der Waals surface area contributed by atoms with Crippen LogP contribution in [-0.4, -0.2) is 0 Å². The van der Waals surface area contributed by atoms with Crippen molar-refractivity contribution in [3.63, 3.8) is 0 Å². The Morgan fingerprint density at radius 3 is 1.06 bits per heavy atom. The quantitative estimate of drug-likeness (QED) is 0.303. The average molecular weight is 675 g/mol. The maximum Gasteiger partial charge on any atom is 0.0178 e. The van der Waals surface area contributed by atoms with E-state index in [2.05, 4.69) is 170 Å². The van der Waals surface area contributed by atoms with Crippen LogP contribution in [0.3, 0.4) is 0 Å². The first kappa shape index (κ1) is 34.9. The molecule has 0 spiro atoms. The van der Waals surface area contributed by atoms with E-state index >= 15 is 0 Å². The SMILES string of the molecule is BrBr.CC(C)(C)Cc1ccc(Br)cc1CC(C)(C)C.CC(C)(C)Cc1ccccc1CC(C)(C)C. The third kappa shape index (κ3) is 17.9. The summed E-state index contributed by atoms with van der Waals surface area (Å²) in [6.45, 7) is 27.6. The third-order valence-corrected chi connectivity index (χ3v) is 5.66. The van der Waals surface area contributed by atoms with Crippen LogP contribution in [0, 0.1) is 21.7 Å². The van der Waals surface area contributed by atoms with E-state index in [-0.39, 0.29) is 0 Å². The molecule has 0 aliphatic rings. The predicted molar refractivity (Wildman–Crippen MR) is 171 cm³/mol. The van der Waals surface area contributed by atoms with Gasteiger partial charge in [-0.2, -0.15) is 0 Å². The Morgan fingerprint density at radius 2 is 0.743 bits per heavy atom. The summed E-state index contributed by atoms with van der Waals surface area (Å²) in [6.07, 6.45) is 4.61. The van der Waals surface area contributed by atoms with Gasteiger partial charge in [0.2, 0.25) is 0 Å². The molecule has 35 heavy (non-hydrogen) atoms. The summed E-state index contributed by atoms with van der Waals surface area (Å²) < 4.78 is 1.19. The Kier molecular flexibility index (Phi) is 14.7. The lowest BCUT2D eigenvalue weighted by Gasteiger charge is -2.24. The summed E-state index contributed by atoms with van der Waals surface area (Å²) in [7, 11) is 0. The molecule has 0 radical (unpaired) electrons. The second kappa shape index (κ2) is 14.7. The standard InChI is InChI=1S/C16H25Br.C16H26.Br2/c1-15(2,3)10-12-7-8-14(17)9-13(12)11-16(4,5)6;1-15(2,3)11-13-9-7-8-10-14(13)12-16(4,5)6;1-2/h7-9H,10-11H2,1-6H3;7-10H,11-12H2,1-6H3;. The van der Waals surface area contributed by atoms with E-state index in [1.54, 1.807) is 0 Å². The Hall–Kier alpha value is -0.120. The largest absolute Gasteiger partial charge is 0.0620 e. The van der Waals surface area contributed by atoms with Crippen molar-refractivity contribution in [2.45, 2.75) is 109 Å². The fraction of sp³-hybridized carbons (Fsp3) is 0.625. The fourth-order valence-electron chi connectivity index (χ4n) is 4.12. The monoisotopic (exact) mass is 672 g/mol. The summed E-state index contributed by atoms with van der Waals surface area (Å²) in [5.41, 5.74) is 7.45. The zero-order valence-electron chi connectivity index (χ0n) is 24.5. The van der Waals surface area contributed by atoms with Gasteiger partial charge in [0.1, 0.15) is 0 Å². The van der Waals surface area contributed by atoms with Crippen LogP contribution in [0.2, 0.25) is 0 Å². The molecule has 0 amide bonds. The molecule has 2 rings (SSSR count). The maximum atomic E-state index is 3.58. The molecule has 2 aromatic carbocycles. The van der Waals surface area contributed by atoms with E-state index in [9.17, 15) is 0 Å². The molecule has 0 nitrogen and oxygen atoms in total. The van der Waals surface area contributed by atoms with Crippen molar-refractivity contribution in [3.05, 3.63) is 69.2 Å². The van der Waals surface area contributed by atoms with Crippen LogP contribution >= 0.6 is 44.2 Å². The first-order chi connectivity index (χ1) is 15.7. The number of halogens is 3. The lowest BCUT2D eigenvalue weighted by Crippen LogP contribution is -2.15. The van der Waals surface area contributed by atoms with Gasteiger partial charge >= 0.3 is 0 Å². The summed E-state index contributed by atoms with van der Waals surface area (Å²) >= 11 is 9.08. The highest BCUT2D eigenvalue weighted by molar-refractivity contribution is 9.93. The molecule has 2 aromatic rings. The molecule has 0 atom stereocenters. The summed E-state index contributed by atoms with van der Waals surface area (Å²) in [4.78, 5) is 0. The van der Waals surface area contributed by atoms with E-state index in [0.29, 0.717) is 21.7 Å². The van der Waals surface area contributed by atoms with Gasteiger partial charge in [-0.05, 0) is 81.7 Å². The molecular weight excluding hydrogens is 624 g/mol. The molecule has 0 saturated carbocycles. The van der Waals surface area contributed by atoms with Crippen LogP contribution in [0.1, 0.15) is 105 Å². The molecule has 0 bridgehead atoms. The normalized spacial score (nSPS) is 12.3. The van der Waals surface area contributed by atoms with Crippen molar-refractivity contribution < 1.29 is 0 Å². The van der Waals surface area contributed by atoms with Crippen LogP contribution in [0.4, 0.5) is 0 Å². The molecular formula is C32H51Br3. The summed E-state index contributed by atoms with van der Waals surface area (Å²) in [6, 6.07) is 15.6. The first-order valence-corrected chi connectivity index (χ1v) is 17.2. The van der Waals surface area contributed by atoms with Crippen molar-refractivity contribution in [1.29, 1.82) is 0 Å². The van der Waals surface area contributed by atoms with Gasteiger partial charge in [-0.25, -0.2) is 0 Å². The predicted octanol–water partition coefficient (Wildman–Crippen LogP) is 12.2. The fourth-order valence-corrected chi connectivity index (χ4v) is 4.53. The molecule has 0 N–H and O–H groups in total. The number of rotatable bonds is 4. The Balaban J connectivity index is 0.000000618. The molecule has 0 saturated heterocycles. The van der Waals surface area contributed by atoms with Crippen molar-refractivity contribution in [1.82, 2.24) is 0 Å². The van der Waals surface area contributed by atoms with E-state index < -0.39 is 0 Å². The van der Waals surface area contributed by atoms with Crippen molar-refractivity contribution >= 4 is 44.2 Å². The van der Waals surface area contributed by atoms with Gasteiger partial charge in [0.15, 0.2) is 0 Å². The van der Waals surface area contributed by atoms with Crippen LogP contribution in [0.15, 0.2) is 46.9 Å². The van der Waals surface area contributed by atoms with Gasteiger partial charge in [0, 0.05) is 32.7 Å². The van der Waals surface area contributed by atoms with Crippen LogP contribution in [-0.2, 0) is 25.7 Å². The van der Waals surface area contributed by atoms with Gasteiger partial charge in [-0.3, -0.25) is 0 Å². The van der Waals surface area contributed by atoms with Gasteiger partial charge in [-0.15, -0.1) is 0 Å². The minimum absolute atomic E-state index is 0.341. The zero-order valence-corrected chi connectivity index (χ0v) is 29.3. The van der Waals surface area contributed by atoms with Gasteiger partial charge < -0.3 is 0 Å². The molecule has 200 valence electrons. The molecule has 0 unspecified atom stereocenters. The molecule has 0 heterocycles. The van der Waals surface area contributed by atoms with E-state index in [0.717, 1.165) is 12.8 Å². The molecule has 0 aromatic heterocycles. The maximum absolute atomic E-state index is 3.58. The highest BCUT2D eigenvalue weighted by atomic mass is 80.9. The van der Waals surface area contributed by atoms with Crippen LogP contribution in [0.5, 0.6) is 0 Å². The van der Waals surface area contributed by atoms with E-state index in [1.807, 2.05) is 0 Å². The van der Waals surface area contributed by atoms with Crippen molar-refractivity contribution in [2.75, 3.05) is 0 Å². The molecule has 0 aliphatic heterocycles. The Bertz CT molecular complexity index is 834. The van der Waals surface area contributed by atoms with Crippen LogP contribution < -0.4 is 0 Å². The highest BCUT2D eigenvalue weighted by Crippen LogP contribution is 2.30. The van der Waals surface area contributed by atoms with Crippen molar-refractivity contribution in [2.24, 2.45) is 21.7 Å². The Morgan fingerprint density at radius 1 is 0.457 bits per heavy atom. The first-order valence-electron chi connectivity index (χ1n) is 12.7. The lowest BCUT2D eigenvalue weighted by molar-refractivity contribution is 0.392. The number of hydrogen-bond acceptors (Lipinski definition) is 0. The summed E-state index contributed by atoms with van der Waals surface area (Å²) in [5.74, 6) is 0. The van der Waals surface area contributed by atoms with Gasteiger partial charge in [-0.1, -0.05) is 129 Å². The second-order valence-corrected chi connectivity index (χ2v) is 15.5.